The summed E-state index contributed by atoms with van der Waals surface area (Å²) >= 11 is 9.57. The van der Waals surface area contributed by atoms with Gasteiger partial charge in [0.15, 0.2) is 0 Å². The second-order valence-corrected chi connectivity index (χ2v) is 5.86. The molecule has 0 spiro atoms. The van der Waals surface area contributed by atoms with E-state index in [2.05, 4.69) is 21.2 Å². The molecule has 1 heterocycles. The van der Waals surface area contributed by atoms with Gasteiger partial charge in [0.05, 0.1) is 6.61 Å². The molecule has 3 rings (SSSR count). The molecular formula is C15H13BrClNO. The molecule has 1 N–H and O–H groups in total. The zero-order valence-electron chi connectivity index (χ0n) is 10.2. The predicted octanol–water partition coefficient (Wildman–Crippen LogP) is 4.65. The Morgan fingerprint density at radius 1 is 1.21 bits per heavy atom. The van der Waals surface area contributed by atoms with Crippen molar-refractivity contribution in [3.05, 3.63) is 57.0 Å². The topological polar surface area (TPSA) is 21.3 Å². The average molecular weight is 339 g/mol. The molecule has 0 saturated carbocycles. The molecule has 1 aliphatic heterocycles. The number of benzene rings is 2. The normalized spacial score (nSPS) is 12.9. The molecule has 0 bridgehead atoms. The zero-order valence-corrected chi connectivity index (χ0v) is 12.6. The molecule has 0 aliphatic carbocycles. The van der Waals surface area contributed by atoms with Gasteiger partial charge in [-0.15, -0.1) is 0 Å². The third-order valence-corrected chi connectivity index (χ3v) is 3.90. The van der Waals surface area contributed by atoms with Gasteiger partial charge < -0.3 is 10.1 Å². The Morgan fingerprint density at radius 3 is 2.79 bits per heavy atom. The second-order valence-electron chi connectivity index (χ2n) is 4.51. The van der Waals surface area contributed by atoms with Crippen molar-refractivity contribution < 1.29 is 4.74 Å². The van der Waals surface area contributed by atoms with E-state index in [1.54, 1.807) is 0 Å². The molecule has 98 valence electrons. The van der Waals surface area contributed by atoms with Crippen LogP contribution in [-0.2, 0) is 13.0 Å². The lowest BCUT2D eigenvalue weighted by Gasteiger charge is -2.11. The summed E-state index contributed by atoms with van der Waals surface area (Å²) in [6.07, 6.45) is 0.946. The minimum Gasteiger partial charge on any atom is -0.493 e. The van der Waals surface area contributed by atoms with Crippen LogP contribution in [0.3, 0.4) is 0 Å². The maximum Gasteiger partial charge on any atom is 0.127 e. The molecule has 0 aromatic heterocycles. The molecule has 0 atom stereocenters. The first kappa shape index (κ1) is 12.8. The first-order chi connectivity index (χ1) is 9.22. The van der Waals surface area contributed by atoms with Crippen LogP contribution in [0.15, 0.2) is 40.9 Å². The summed E-state index contributed by atoms with van der Waals surface area (Å²) in [6.45, 7) is 1.46. The summed E-state index contributed by atoms with van der Waals surface area (Å²) in [5.74, 6) is 0.994. The van der Waals surface area contributed by atoms with E-state index in [0.717, 1.165) is 39.5 Å². The standard InChI is InChI=1S/C15H13BrClNO/c16-12-1-3-14(4-2-12)18-9-11-8-13(17)7-10-5-6-19-15(10)11/h1-4,7-8,18H,5-6,9H2. The summed E-state index contributed by atoms with van der Waals surface area (Å²) in [5, 5.41) is 4.16. The fourth-order valence-corrected chi connectivity index (χ4v) is 2.77. The van der Waals surface area contributed by atoms with Crippen molar-refractivity contribution >= 4 is 33.2 Å². The van der Waals surface area contributed by atoms with Gasteiger partial charge in [0, 0.05) is 33.7 Å². The molecule has 0 amide bonds. The fourth-order valence-electron chi connectivity index (χ4n) is 2.24. The van der Waals surface area contributed by atoms with Crippen LogP contribution >= 0.6 is 27.5 Å². The monoisotopic (exact) mass is 337 g/mol. The second kappa shape index (κ2) is 5.43. The van der Waals surface area contributed by atoms with Crippen molar-refractivity contribution in [3.63, 3.8) is 0 Å². The van der Waals surface area contributed by atoms with E-state index in [-0.39, 0.29) is 0 Å². The number of hydrogen-bond acceptors (Lipinski definition) is 2. The van der Waals surface area contributed by atoms with Crippen LogP contribution in [0.5, 0.6) is 5.75 Å². The fraction of sp³-hybridized carbons (Fsp3) is 0.200. The third-order valence-electron chi connectivity index (χ3n) is 3.15. The minimum absolute atomic E-state index is 0.713. The van der Waals surface area contributed by atoms with Crippen molar-refractivity contribution in [2.75, 3.05) is 11.9 Å². The van der Waals surface area contributed by atoms with Crippen LogP contribution in [0.4, 0.5) is 5.69 Å². The molecule has 2 aromatic rings. The number of hydrogen-bond donors (Lipinski definition) is 1. The van der Waals surface area contributed by atoms with E-state index < -0.39 is 0 Å². The summed E-state index contributed by atoms with van der Waals surface area (Å²) < 4.78 is 6.76. The van der Waals surface area contributed by atoms with E-state index in [4.69, 9.17) is 16.3 Å². The molecule has 2 nitrogen and oxygen atoms in total. The number of ether oxygens (including phenoxy) is 1. The van der Waals surface area contributed by atoms with E-state index >= 15 is 0 Å². The van der Waals surface area contributed by atoms with Gasteiger partial charge in [-0.2, -0.15) is 0 Å². The number of nitrogens with one attached hydrogen (secondary N) is 1. The summed E-state index contributed by atoms with van der Waals surface area (Å²) in [6, 6.07) is 12.1. The molecule has 0 saturated heterocycles. The highest BCUT2D eigenvalue weighted by molar-refractivity contribution is 9.10. The first-order valence-corrected chi connectivity index (χ1v) is 7.33. The molecule has 0 fully saturated rings. The predicted molar refractivity (Wildman–Crippen MR) is 82.1 cm³/mol. The smallest absolute Gasteiger partial charge is 0.127 e. The van der Waals surface area contributed by atoms with Crippen molar-refractivity contribution in [3.8, 4) is 5.75 Å². The Hall–Kier alpha value is -1.19. The lowest BCUT2D eigenvalue weighted by atomic mass is 10.1. The highest BCUT2D eigenvalue weighted by Crippen LogP contribution is 2.33. The van der Waals surface area contributed by atoms with Gasteiger partial charge in [0.2, 0.25) is 0 Å². The maximum absolute atomic E-state index is 6.14. The first-order valence-electron chi connectivity index (χ1n) is 6.16. The molecule has 0 unspecified atom stereocenters. The Labute approximate surface area is 125 Å². The quantitative estimate of drug-likeness (QED) is 0.879. The molecule has 1 aliphatic rings. The zero-order chi connectivity index (χ0) is 13.2. The minimum atomic E-state index is 0.713. The Kier molecular flexibility index (Phi) is 3.67. The van der Waals surface area contributed by atoms with Crippen molar-refractivity contribution in [2.24, 2.45) is 0 Å². The Bertz CT molecular complexity index is 598. The number of anilines is 1. The summed E-state index contributed by atoms with van der Waals surface area (Å²) in [5.41, 5.74) is 3.40. The van der Waals surface area contributed by atoms with Crippen LogP contribution in [0, 0.1) is 0 Å². The van der Waals surface area contributed by atoms with Crippen molar-refractivity contribution in [1.82, 2.24) is 0 Å². The highest BCUT2D eigenvalue weighted by atomic mass is 79.9. The average Bonchev–Trinajstić information content (AvgIpc) is 2.85. The number of halogens is 2. The highest BCUT2D eigenvalue weighted by Gasteiger charge is 2.17. The number of rotatable bonds is 3. The van der Waals surface area contributed by atoms with E-state index in [1.165, 1.54) is 5.56 Å². The SMILES string of the molecule is Clc1cc2c(c(CNc3ccc(Br)cc3)c1)OCC2. The van der Waals surface area contributed by atoms with Gasteiger partial charge in [-0.3, -0.25) is 0 Å². The summed E-state index contributed by atoms with van der Waals surface area (Å²) in [7, 11) is 0. The maximum atomic E-state index is 6.14. The van der Waals surface area contributed by atoms with Crippen LogP contribution in [0.2, 0.25) is 5.02 Å². The van der Waals surface area contributed by atoms with Gasteiger partial charge in [-0.05, 0) is 42.0 Å². The lowest BCUT2D eigenvalue weighted by Crippen LogP contribution is -2.01. The van der Waals surface area contributed by atoms with Gasteiger partial charge in [0.1, 0.15) is 5.75 Å². The number of fused-ring (bicyclic) bond motifs is 1. The van der Waals surface area contributed by atoms with Crippen LogP contribution in [0.25, 0.3) is 0 Å². The molecule has 2 aromatic carbocycles. The van der Waals surface area contributed by atoms with E-state index in [0.29, 0.717) is 6.54 Å². The van der Waals surface area contributed by atoms with Crippen LogP contribution < -0.4 is 10.1 Å². The van der Waals surface area contributed by atoms with E-state index in [1.807, 2.05) is 36.4 Å². The van der Waals surface area contributed by atoms with E-state index in [9.17, 15) is 0 Å². The summed E-state index contributed by atoms with van der Waals surface area (Å²) in [4.78, 5) is 0. The molecular weight excluding hydrogens is 326 g/mol. The largest absolute Gasteiger partial charge is 0.493 e. The van der Waals surface area contributed by atoms with Crippen molar-refractivity contribution in [1.29, 1.82) is 0 Å². The third kappa shape index (κ3) is 2.88. The lowest BCUT2D eigenvalue weighted by molar-refractivity contribution is 0.354. The Balaban J connectivity index is 1.78. The van der Waals surface area contributed by atoms with Gasteiger partial charge >= 0.3 is 0 Å². The van der Waals surface area contributed by atoms with Gasteiger partial charge in [0.25, 0.3) is 0 Å². The molecule has 0 radical (unpaired) electrons. The Morgan fingerprint density at radius 2 is 2.00 bits per heavy atom. The van der Waals surface area contributed by atoms with Gasteiger partial charge in [-0.25, -0.2) is 0 Å². The van der Waals surface area contributed by atoms with Gasteiger partial charge in [-0.1, -0.05) is 27.5 Å². The molecule has 19 heavy (non-hydrogen) atoms. The van der Waals surface area contributed by atoms with Crippen LogP contribution in [-0.4, -0.2) is 6.61 Å². The molecule has 4 heteroatoms. The van der Waals surface area contributed by atoms with Crippen molar-refractivity contribution in [2.45, 2.75) is 13.0 Å². The van der Waals surface area contributed by atoms with Crippen LogP contribution in [0.1, 0.15) is 11.1 Å².